The number of rotatable bonds is 8. The van der Waals surface area contributed by atoms with Crippen LogP contribution in [0.3, 0.4) is 0 Å². The van der Waals surface area contributed by atoms with Gasteiger partial charge in [-0.3, -0.25) is 9.59 Å². The molecule has 1 heterocycles. The SMILES string of the molecule is CCCc1cc(=O)[nH]c(SCC(=O)Nc2c(CC)cccc2CC)n1. The number of para-hydroxylation sites is 1. The fraction of sp³-hybridized carbons (Fsp3) is 0.421. The lowest BCUT2D eigenvalue weighted by atomic mass is 10.0. The lowest BCUT2D eigenvalue weighted by Crippen LogP contribution is -2.18. The number of hydrogen-bond donors (Lipinski definition) is 2. The minimum Gasteiger partial charge on any atom is -0.325 e. The van der Waals surface area contributed by atoms with Crippen molar-refractivity contribution in [2.24, 2.45) is 0 Å². The molecule has 0 aliphatic carbocycles. The van der Waals surface area contributed by atoms with Gasteiger partial charge in [0.25, 0.3) is 5.56 Å². The number of carbonyl (C=O) groups is 1. The number of nitrogens with zero attached hydrogens (tertiary/aromatic N) is 1. The zero-order chi connectivity index (χ0) is 18.2. The van der Waals surface area contributed by atoms with Gasteiger partial charge in [0.2, 0.25) is 5.91 Å². The maximum Gasteiger partial charge on any atom is 0.251 e. The van der Waals surface area contributed by atoms with E-state index in [9.17, 15) is 9.59 Å². The van der Waals surface area contributed by atoms with Crippen LogP contribution >= 0.6 is 11.8 Å². The molecule has 0 aliphatic heterocycles. The van der Waals surface area contributed by atoms with Crippen LogP contribution in [-0.4, -0.2) is 21.6 Å². The molecule has 0 bridgehead atoms. The van der Waals surface area contributed by atoms with Gasteiger partial charge in [-0.1, -0.05) is 57.2 Å². The molecule has 134 valence electrons. The molecule has 0 saturated heterocycles. The van der Waals surface area contributed by atoms with Crippen molar-refractivity contribution in [3.05, 3.63) is 51.4 Å². The second-order valence-corrected chi connectivity index (χ2v) is 6.75. The summed E-state index contributed by atoms with van der Waals surface area (Å²) in [6, 6.07) is 7.61. The number of amides is 1. The number of hydrogen-bond acceptors (Lipinski definition) is 4. The summed E-state index contributed by atoms with van der Waals surface area (Å²) in [6.07, 6.45) is 3.41. The normalized spacial score (nSPS) is 10.7. The number of H-pyrrole nitrogens is 1. The molecule has 0 saturated carbocycles. The third kappa shape index (κ3) is 5.46. The molecule has 1 aromatic carbocycles. The van der Waals surface area contributed by atoms with Crippen LogP contribution in [0, 0.1) is 0 Å². The molecule has 0 spiro atoms. The Hall–Kier alpha value is -2.08. The summed E-state index contributed by atoms with van der Waals surface area (Å²) in [7, 11) is 0. The summed E-state index contributed by atoms with van der Waals surface area (Å²) in [5.74, 6) is 0.115. The predicted molar refractivity (Wildman–Crippen MR) is 103 cm³/mol. The molecular weight excluding hydrogens is 334 g/mol. The van der Waals surface area contributed by atoms with Gasteiger partial charge >= 0.3 is 0 Å². The highest BCUT2D eigenvalue weighted by atomic mass is 32.2. The number of carbonyl (C=O) groups excluding carboxylic acids is 1. The van der Waals surface area contributed by atoms with E-state index >= 15 is 0 Å². The molecular formula is C19H25N3O2S. The summed E-state index contributed by atoms with van der Waals surface area (Å²) in [5.41, 5.74) is 3.77. The van der Waals surface area contributed by atoms with Gasteiger partial charge in [-0.25, -0.2) is 4.98 Å². The van der Waals surface area contributed by atoms with Gasteiger partial charge in [0, 0.05) is 17.4 Å². The van der Waals surface area contributed by atoms with Crippen molar-refractivity contribution < 1.29 is 4.79 Å². The number of aryl methyl sites for hydroxylation is 3. The zero-order valence-electron chi connectivity index (χ0n) is 15.0. The summed E-state index contributed by atoms with van der Waals surface area (Å²) in [5, 5.41) is 3.52. The Balaban J connectivity index is 2.06. The molecule has 2 aromatic rings. The van der Waals surface area contributed by atoms with Gasteiger partial charge in [-0.2, -0.15) is 0 Å². The minimum atomic E-state index is -0.175. The number of benzene rings is 1. The maximum absolute atomic E-state index is 12.4. The molecule has 0 unspecified atom stereocenters. The van der Waals surface area contributed by atoms with Crippen molar-refractivity contribution in [1.82, 2.24) is 9.97 Å². The van der Waals surface area contributed by atoms with Crippen molar-refractivity contribution in [2.75, 3.05) is 11.1 Å². The number of aromatic amines is 1. The predicted octanol–water partition coefficient (Wildman–Crippen LogP) is 3.58. The van der Waals surface area contributed by atoms with Crippen molar-refractivity contribution in [2.45, 2.75) is 51.6 Å². The van der Waals surface area contributed by atoms with Crippen LogP contribution in [0.2, 0.25) is 0 Å². The largest absolute Gasteiger partial charge is 0.325 e. The highest BCUT2D eigenvalue weighted by molar-refractivity contribution is 7.99. The number of anilines is 1. The van der Waals surface area contributed by atoms with Gasteiger partial charge in [0.05, 0.1) is 5.75 Å². The highest BCUT2D eigenvalue weighted by Crippen LogP contribution is 2.23. The van der Waals surface area contributed by atoms with E-state index < -0.39 is 0 Å². The molecule has 2 rings (SSSR count). The first-order valence-electron chi connectivity index (χ1n) is 8.71. The summed E-state index contributed by atoms with van der Waals surface area (Å²) >= 11 is 1.25. The van der Waals surface area contributed by atoms with Gasteiger partial charge < -0.3 is 10.3 Å². The molecule has 25 heavy (non-hydrogen) atoms. The Morgan fingerprint density at radius 3 is 2.48 bits per heavy atom. The van der Waals surface area contributed by atoms with Crippen LogP contribution in [0.15, 0.2) is 34.2 Å². The first-order chi connectivity index (χ1) is 12.1. The fourth-order valence-corrected chi connectivity index (χ4v) is 3.34. The van der Waals surface area contributed by atoms with Gasteiger partial charge in [-0.15, -0.1) is 0 Å². The molecule has 0 radical (unpaired) electrons. The summed E-state index contributed by atoms with van der Waals surface area (Å²) < 4.78 is 0. The number of thioether (sulfide) groups is 1. The Morgan fingerprint density at radius 2 is 1.88 bits per heavy atom. The van der Waals surface area contributed by atoms with Crippen molar-refractivity contribution >= 4 is 23.4 Å². The van der Waals surface area contributed by atoms with Gasteiger partial charge in [-0.05, 0) is 30.4 Å². The summed E-state index contributed by atoms with van der Waals surface area (Å²) in [4.78, 5) is 31.1. The van der Waals surface area contributed by atoms with Gasteiger partial charge in [0.15, 0.2) is 5.16 Å². The summed E-state index contributed by atoms with van der Waals surface area (Å²) in [6.45, 7) is 6.19. The molecule has 1 aromatic heterocycles. The van der Waals surface area contributed by atoms with Crippen LogP contribution in [0.25, 0.3) is 0 Å². The highest BCUT2D eigenvalue weighted by Gasteiger charge is 2.11. The first kappa shape index (κ1) is 19.2. The maximum atomic E-state index is 12.4. The second kappa shape index (κ2) is 9.42. The molecule has 5 nitrogen and oxygen atoms in total. The van der Waals surface area contributed by atoms with Crippen molar-refractivity contribution in [3.63, 3.8) is 0 Å². The Kier molecular flexibility index (Phi) is 7.25. The quantitative estimate of drug-likeness (QED) is 0.558. The van der Waals surface area contributed by atoms with E-state index in [1.54, 1.807) is 0 Å². The van der Waals surface area contributed by atoms with Crippen LogP contribution < -0.4 is 10.9 Å². The average molecular weight is 359 g/mol. The average Bonchev–Trinajstić information content (AvgIpc) is 2.60. The van der Waals surface area contributed by atoms with E-state index in [0.717, 1.165) is 48.2 Å². The van der Waals surface area contributed by atoms with Crippen LogP contribution in [0.1, 0.15) is 44.0 Å². The van der Waals surface area contributed by atoms with Crippen molar-refractivity contribution in [3.8, 4) is 0 Å². The third-order valence-corrected chi connectivity index (χ3v) is 4.76. The van der Waals surface area contributed by atoms with Crippen LogP contribution in [-0.2, 0) is 24.1 Å². The molecule has 6 heteroatoms. The fourth-order valence-electron chi connectivity index (χ4n) is 2.65. The monoisotopic (exact) mass is 359 g/mol. The van der Waals surface area contributed by atoms with Gasteiger partial charge in [0.1, 0.15) is 0 Å². The van der Waals surface area contributed by atoms with Crippen LogP contribution in [0.5, 0.6) is 0 Å². The van der Waals surface area contributed by atoms with E-state index in [1.807, 2.05) is 25.1 Å². The lowest BCUT2D eigenvalue weighted by Gasteiger charge is -2.14. The Morgan fingerprint density at radius 1 is 1.20 bits per heavy atom. The minimum absolute atomic E-state index is 0.0934. The van der Waals surface area contributed by atoms with Crippen LogP contribution in [0.4, 0.5) is 5.69 Å². The molecule has 0 fully saturated rings. The zero-order valence-corrected chi connectivity index (χ0v) is 15.8. The smallest absolute Gasteiger partial charge is 0.251 e. The molecule has 2 N–H and O–H groups in total. The van der Waals surface area contributed by atoms with E-state index in [2.05, 4.69) is 29.1 Å². The third-order valence-electron chi connectivity index (χ3n) is 3.88. The number of aromatic nitrogens is 2. The van der Waals surface area contributed by atoms with Crippen molar-refractivity contribution in [1.29, 1.82) is 0 Å². The lowest BCUT2D eigenvalue weighted by molar-refractivity contribution is -0.113. The topological polar surface area (TPSA) is 74.8 Å². The molecule has 0 atom stereocenters. The Labute approximate surface area is 152 Å². The first-order valence-corrected chi connectivity index (χ1v) is 9.69. The second-order valence-electron chi connectivity index (χ2n) is 5.79. The van der Waals surface area contributed by atoms with E-state index in [-0.39, 0.29) is 17.2 Å². The number of nitrogens with one attached hydrogen (secondary N) is 2. The van der Waals surface area contributed by atoms with E-state index in [0.29, 0.717) is 5.16 Å². The van der Waals surface area contributed by atoms with E-state index in [1.165, 1.54) is 17.8 Å². The molecule has 0 aliphatic rings. The standard InChI is InChI=1S/C19H25N3O2S/c1-4-8-15-11-16(23)22-19(20-15)25-12-17(24)21-18-13(5-2)9-7-10-14(18)6-3/h7,9-11H,4-6,8,12H2,1-3H3,(H,21,24)(H,20,22,23). The molecule has 1 amide bonds. The van der Waals surface area contributed by atoms with E-state index in [4.69, 9.17) is 0 Å². The Bertz CT molecular complexity index is 764.